The molecule has 2 aromatic rings. The molecule has 2 rings (SSSR count). The summed E-state index contributed by atoms with van der Waals surface area (Å²) in [6.07, 6.45) is 1.63. The van der Waals surface area contributed by atoms with Gasteiger partial charge in [-0.1, -0.05) is 6.07 Å². The summed E-state index contributed by atoms with van der Waals surface area (Å²) in [6.45, 7) is 1.84. The van der Waals surface area contributed by atoms with E-state index in [1.54, 1.807) is 24.4 Å². The number of rotatable bonds is 3. The van der Waals surface area contributed by atoms with Crippen molar-refractivity contribution in [3.8, 4) is 5.75 Å². The summed E-state index contributed by atoms with van der Waals surface area (Å²) in [6, 6.07) is 5.05. The SMILES string of the molecule is COc1cccc(C(=O)Nc2[nH]ncc2C)c1N. The number of methoxy groups -OCH3 is 1. The Morgan fingerprint density at radius 1 is 1.50 bits per heavy atom. The fourth-order valence-electron chi connectivity index (χ4n) is 1.57. The third-order valence-corrected chi connectivity index (χ3v) is 2.60. The van der Waals surface area contributed by atoms with E-state index in [0.717, 1.165) is 5.56 Å². The van der Waals surface area contributed by atoms with Crippen LogP contribution < -0.4 is 15.8 Å². The minimum atomic E-state index is -0.307. The molecule has 6 nitrogen and oxygen atoms in total. The topological polar surface area (TPSA) is 93.0 Å². The van der Waals surface area contributed by atoms with Gasteiger partial charge >= 0.3 is 0 Å². The molecule has 0 unspecified atom stereocenters. The van der Waals surface area contributed by atoms with Gasteiger partial charge in [-0.15, -0.1) is 0 Å². The number of anilines is 2. The molecule has 6 heteroatoms. The van der Waals surface area contributed by atoms with Crippen molar-refractivity contribution in [3.05, 3.63) is 35.5 Å². The first-order valence-corrected chi connectivity index (χ1v) is 5.37. The summed E-state index contributed by atoms with van der Waals surface area (Å²) >= 11 is 0. The molecule has 0 fully saturated rings. The highest BCUT2D eigenvalue weighted by atomic mass is 16.5. The number of nitrogens with one attached hydrogen (secondary N) is 2. The summed E-state index contributed by atoms with van der Waals surface area (Å²) in [7, 11) is 1.51. The maximum Gasteiger partial charge on any atom is 0.259 e. The van der Waals surface area contributed by atoms with Gasteiger partial charge in [0.15, 0.2) is 0 Å². The molecule has 1 heterocycles. The third-order valence-electron chi connectivity index (χ3n) is 2.60. The minimum Gasteiger partial charge on any atom is -0.495 e. The van der Waals surface area contributed by atoms with Gasteiger partial charge in [0, 0.05) is 5.56 Å². The molecule has 18 heavy (non-hydrogen) atoms. The number of nitrogens with zero attached hydrogens (tertiary/aromatic N) is 1. The average Bonchev–Trinajstić information content (AvgIpc) is 2.75. The average molecular weight is 246 g/mol. The summed E-state index contributed by atoms with van der Waals surface area (Å²) < 4.78 is 5.07. The number of ether oxygens (including phenoxy) is 1. The van der Waals surface area contributed by atoms with Crippen LogP contribution in [-0.4, -0.2) is 23.2 Å². The Kier molecular flexibility index (Phi) is 3.18. The largest absolute Gasteiger partial charge is 0.495 e. The molecule has 1 aromatic heterocycles. The first kappa shape index (κ1) is 12.0. The molecule has 0 saturated heterocycles. The van der Waals surface area contributed by atoms with E-state index >= 15 is 0 Å². The number of H-pyrrole nitrogens is 1. The summed E-state index contributed by atoms with van der Waals surface area (Å²) in [5, 5.41) is 9.24. The van der Waals surface area contributed by atoms with Crippen LogP contribution in [-0.2, 0) is 0 Å². The van der Waals surface area contributed by atoms with Crippen LogP contribution in [0.3, 0.4) is 0 Å². The van der Waals surface area contributed by atoms with Crippen molar-refractivity contribution >= 4 is 17.4 Å². The van der Waals surface area contributed by atoms with E-state index in [-0.39, 0.29) is 5.91 Å². The molecule has 4 N–H and O–H groups in total. The van der Waals surface area contributed by atoms with E-state index in [1.165, 1.54) is 7.11 Å². The Bertz CT molecular complexity index is 577. The molecule has 0 radical (unpaired) electrons. The second-order valence-electron chi connectivity index (χ2n) is 3.80. The Balaban J connectivity index is 2.27. The maximum absolute atomic E-state index is 12.1. The van der Waals surface area contributed by atoms with Crippen molar-refractivity contribution < 1.29 is 9.53 Å². The summed E-state index contributed by atoms with van der Waals surface area (Å²) in [4.78, 5) is 12.1. The van der Waals surface area contributed by atoms with Crippen LogP contribution in [0.2, 0.25) is 0 Å². The first-order valence-electron chi connectivity index (χ1n) is 5.37. The van der Waals surface area contributed by atoms with E-state index in [9.17, 15) is 4.79 Å². The molecule has 0 bridgehead atoms. The molecule has 0 spiro atoms. The maximum atomic E-state index is 12.1. The van der Waals surface area contributed by atoms with Crippen LogP contribution >= 0.6 is 0 Å². The number of aromatic nitrogens is 2. The van der Waals surface area contributed by atoms with Gasteiger partial charge in [0.25, 0.3) is 5.91 Å². The van der Waals surface area contributed by atoms with Crippen LogP contribution in [0.15, 0.2) is 24.4 Å². The van der Waals surface area contributed by atoms with Gasteiger partial charge in [-0.25, -0.2) is 0 Å². The highest BCUT2D eigenvalue weighted by Crippen LogP contribution is 2.25. The van der Waals surface area contributed by atoms with E-state index in [0.29, 0.717) is 22.8 Å². The first-order chi connectivity index (χ1) is 8.63. The predicted octanol–water partition coefficient (Wildman–Crippen LogP) is 1.56. The molecule has 0 aliphatic carbocycles. The van der Waals surface area contributed by atoms with Gasteiger partial charge in [0.2, 0.25) is 0 Å². The van der Waals surface area contributed by atoms with Crippen LogP contribution in [0.5, 0.6) is 5.75 Å². The van der Waals surface area contributed by atoms with E-state index < -0.39 is 0 Å². The standard InChI is InChI=1S/C12H14N4O2/c1-7-6-14-16-11(7)15-12(17)8-4-3-5-9(18-2)10(8)13/h3-6H,13H2,1-2H3,(H2,14,15,16,17). The normalized spacial score (nSPS) is 10.1. The minimum absolute atomic E-state index is 0.307. The number of para-hydroxylation sites is 1. The van der Waals surface area contributed by atoms with Gasteiger partial charge in [-0.2, -0.15) is 5.10 Å². The second kappa shape index (κ2) is 4.79. The van der Waals surface area contributed by atoms with E-state index in [1.807, 2.05) is 6.92 Å². The Labute approximate surface area is 104 Å². The van der Waals surface area contributed by atoms with Gasteiger partial charge in [-0.05, 0) is 19.1 Å². The molecular weight excluding hydrogens is 232 g/mol. The number of carbonyl (C=O) groups is 1. The van der Waals surface area contributed by atoms with Crippen molar-refractivity contribution in [2.45, 2.75) is 6.92 Å². The third kappa shape index (κ3) is 2.13. The number of hydrogen-bond donors (Lipinski definition) is 3. The van der Waals surface area contributed by atoms with Crippen molar-refractivity contribution in [2.24, 2.45) is 0 Å². The number of nitrogen functional groups attached to an aromatic ring is 1. The number of carbonyl (C=O) groups excluding carboxylic acids is 1. The smallest absolute Gasteiger partial charge is 0.259 e. The number of benzene rings is 1. The molecule has 94 valence electrons. The zero-order chi connectivity index (χ0) is 13.1. The monoisotopic (exact) mass is 246 g/mol. The van der Waals surface area contributed by atoms with Gasteiger partial charge in [-0.3, -0.25) is 9.89 Å². The highest BCUT2D eigenvalue weighted by Gasteiger charge is 2.14. The van der Waals surface area contributed by atoms with Crippen molar-refractivity contribution in [2.75, 3.05) is 18.2 Å². The highest BCUT2D eigenvalue weighted by molar-refractivity contribution is 6.08. The number of amides is 1. The number of aromatic amines is 1. The molecule has 1 amide bonds. The zero-order valence-corrected chi connectivity index (χ0v) is 10.2. The number of hydrogen-bond acceptors (Lipinski definition) is 4. The number of aryl methyl sites for hydroxylation is 1. The molecular formula is C12H14N4O2. The Morgan fingerprint density at radius 2 is 2.28 bits per heavy atom. The van der Waals surface area contributed by atoms with Gasteiger partial charge in [0.1, 0.15) is 11.6 Å². The molecule has 1 aromatic carbocycles. The van der Waals surface area contributed by atoms with Gasteiger partial charge < -0.3 is 15.8 Å². The zero-order valence-electron chi connectivity index (χ0n) is 10.2. The summed E-state index contributed by atoms with van der Waals surface area (Å²) in [5.41, 5.74) is 7.38. The van der Waals surface area contributed by atoms with E-state index in [2.05, 4.69) is 15.5 Å². The van der Waals surface area contributed by atoms with Crippen LogP contribution in [0.1, 0.15) is 15.9 Å². The lowest BCUT2D eigenvalue weighted by Gasteiger charge is -2.09. The van der Waals surface area contributed by atoms with Crippen molar-refractivity contribution in [1.29, 1.82) is 0 Å². The lowest BCUT2D eigenvalue weighted by molar-refractivity contribution is 0.102. The fourth-order valence-corrected chi connectivity index (χ4v) is 1.57. The van der Waals surface area contributed by atoms with Crippen molar-refractivity contribution in [1.82, 2.24) is 10.2 Å². The van der Waals surface area contributed by atoms with Crippen LogP contribution in [0, 0.1) is 6.92 Å². The van der Waals surface area contributed by atoms with Crippen LogP contribution in [0.25, 0.3) is 0 Å². The summed E-state index contributed by atoms with van der Waals surface area (Å²) in [5.74, 6) is 0.727. The molecule has 0 aliphatic heterocycles. The van der Waals surface area contributed by atoms with Crippen molar-refractivity contribution in [3.63, 3.8) is 0 Å². The molecule has 0 aliphatic rings. The van der Waals surface area contributed by atoms with E-state index in [4.69, 9.17) is 10.5 Å². The second-order valence-corrected chi connectivity index (χ2v) is 3.80. The van der Waals surface area contributed by atoms with Crippen LogP contribution in [0.4, 0.5) is 11.5 Å². The predicted molar refractivity (Wildman–Crippen MR) is 68.7 cm³/mol. The Morgan fingerprint density at radius 3 is 2.89 bits per heavy atom. The van der Waals surface area contributed by atoms with Gasteiger partial charge in [0.05, 0.1) is 24.6 Å². The Hall–Kier alpha value is -2.50. The quantitative estimate of drug-likeness (QED) is 0.716. The lowest BCUT2D eigenvalue weighted by atomic mass is 10.1. The molecule has 0 saturated carbocycles. The lowest BCUT2D eigenvalue weighted by Crippen LogP contribution is -2.15. The number of nitrogens with two attached hydrogens (primary N) is 1. The molecule has 0 atom stereocenters. The fraction of sp³-hybridized carbons (Fsp3) is 0.167.